The van der Waals surface area contributed by atoms with Crippen LogP contribution >= 0.6 is 0 Å². The minimum Gasteiger partial charge on any atom is -0.508 e. The SMILES string of the molecule is Cc1ccc(-c2ccc(C)c(O)c2)cc1N. The third-order valence-electron chi connectivity index (χ3n) is 2.82. The van der Waals surface area contributed by atoms with Gasteiger partial charge in [0.15, 0.2) is 0 Å². The maximum absolute atomic E-state index is 9.65. The monoisotopic (exact) mass is 213 g/mol. The fraction of sp³-hybridized carbons (Fsp3) is 0.143. The molecule has 2 aromatic rings. The van der Waals surface area contributed by atoms with E-state index in [2.05, 4.69) is 0 Å². The summed E-state index contributed by atoms with van der Waals surface area (Å²) >= 11 is 0. The lowest BCUT2D eigenvalue weighted by Gasteiger charge is -2.07. The zero-order valence-electron chi connectivity index (χ0n) is 9.49. The van der Waals surface area contributed by atoms with E-state index < -0.39 is 0 Å². The molecule has 0 aliphatic rings. The lowest BCUT2D eigenvalue weighted by Crippen LogP contribution is -1.90. The van der Waals surface area contributed by atoms with E-state index in [-0.39, 0.29) is 0 Å². The van der Waals surface area contributed by atoms with Crippen LogP contribution in [0.5, 0.6) is 5.75 Å². The van der Waals surface area contributed by atoms with Gasteiger partial charge < -0.3 is 10.8 Å². The molecule has 0 saturated heterocycles. The molecule has 0 aliphatic heterocycles. The van der Waals surface area contributed by atoms with Crippen molar-refractivity contribution in [3.63, 3.8) is 0 Å². The highest BCUT2D eigenvalue weighted by molar-refractivity contribution is 5.70. The van der Waals surface area contributed by atoms with Gasteiger partial charge in [-0.2, -0.15) is 0 Å². The van der Waals surface area contributed by atoms with Crippen molar-refractivity contribution < 1.29 is 5.11 Å². The summed E-state index contributed by atoms with van der Waals surface area (Å²) in [5, 5.41) is 9.65. The maximum atomic E-state index is 9.65. The normalized spacial score (nSPS) is 10.4. The van der Waals surface area contributed by atoms with Gasteiger partial charge in [0.1, 0.15) is 5.75 Å². The maximum Gasteiger partial charge on any atom is 0.119 e. The molecule has 2 rings (SSSR count). The Labute approximate surface area is 95.4 Å². The molecule has 0 aromatic heterocycles. The van der Waals surface area contributed by atoms with E-state index in [1.54, 1.807) is 6.07 Å². The average Bonchev–Trinajstić information content (AvgIpc) is 2.26. The third-order valence-corrected chi connectivity index (χ3v) is 2.82. The van der Waals surface area contributed by atoms with Gasteiger partial charge in [0.05, 0.1) is 0 Å². The Morgan fingerprint density at radius 1 is 0.875 bits per heavy atom. The summed E-state index contributed by atoms with van der Waals surface area (Å²) in [7, 11) is 0. The van der Waals surface area contributed by atoms with Crippen molar-refractivity contribution in [2.45, 2.75) is 13.8 Å². The minimum atomic E-state index is 0.316. The Morgan fingerprint density at radius 3 is 2.00 bits per heavy atom. The predicted molar refractivity (Wildman–Crippen MR) is 67.4 cm³/mol. The molecule has 2 nitrogen and oxygen atoms in total. The van der Waals surface area contributed by atoms with Crippen molar-refractivity contribution in [3.05, 3.63) is 47.5 Å². The van der Waals surface area contributed by atoms with Crippen LogP contribution in [0.2, 0.25) is 0 Å². The number of hydrogen-bond donors (Lipinski definition) is 2. The first-order chi connectivity index (χ1) is 7.58. The molecule has 0 bridgehead atoms. The number of nitrogen functional groups attached to an aromatic ring is 1. The van der Waals surface area contributed by atoms with Gasteiger partial charge >= 0.3 is 0 Å². The van der Waals surface area contributed by atoms with Crippen LogP contribution in [0.25, 0.3) is 11.1 Å². The van der Waals surface area contributed by atoms with Gasteiger partial charge in [-0.1, -0.05) is 24.3 Å². The molecule has 0 amide bonds. The number of hydrogen-bond acceptors (Lipinski definition) is 2. The highest BCUT2D eigenvalue weighted by Crippen LogP contribution is 2.28. The molecule has 2 aromatic carbocycles. The molecule has 2 heteroatoms. The smallest absolute Gasteiger partial charge is 0.119 e. The molecule has 0 fully saturated rings. The first-order valence-electron chi connectivity index (χ1n) is 5.24. The molecule has 3 N–H and O–H groups in total. The van der Waals surface area contributed by atoms with Crippen molar-refractivity contribution in [1.82, 2.24) is 0 Å². The Hall–Kier alpha value is -1.96. The zero-order chi connectivity index (χ0) is 11.7. The number of aryl methyl sites for hydroxylation is 2. The Kier molecular flexibility index (Phi) is 2.57. The quantitative estimate of drug-likeness (QED) is 0.714. The Bertz CT molecular complexity index is 483. The summed E-state index contributed by atoms with van der Waals surface area (Å²) in [6.45, 7) is 3.86. The zero-order valence-corrected chi connectivity index (χ0v) is 9.49. The largest absolute Gasteiger partial charge is 0.508 e. The first kappa shape index (κ1) is 10.6. The highest BCUT2D eigenvalue weighted by Gasteiger charge is 2.02. The van der Waals surface area contributed by atoms with E-state index in [1.165, 1.54) is 0 Å². The van der Waals surface area contributed by atoms with E-state index >= 15 is 0 Å². The van der Waals surface area contributed by atoms with E-state index in [0.717, 1.165) is 27.9 Å². The summed E-state index contributed by atoms with van der Waals surface area (Å²) in [5.74, 6) is 0.316. The van der Waals surface area contributed by atoms with Crippen molar-refractivity contribution in [2.75, 3.05) is 5.73 Å². The second-order valence-corrected chi connectivity index (χ2v) is 4.07. The molecule has 0 heterocycles. The van der Waals surface area contributed by atoms with Crippen LogP contribution in [0.15, 0.2) is 36.4 Å². The molecule has 16 heavy (non-hydrogen) atoms. The van der Waals surface area contributed by atoms with E-state index in [1.807, 2.05) is 44.2 Å². The van der Waals surface area contributed by atoms with Gasteiger partial charge in [-0.05, 0) is 48.2 Å². The van der Waals surface area contributed by atoms with Gasteiger partial charge in [0.25, 0.3) is 0 Å². The molecular weight excluding hydrogens is 198 g/mol. The van der Waals surface area contributed by atoms with Crippen molar-refractivity contribution in [2.24, 2.45) is 0 Å². The number of benzene rings is 2. The number of phenolic OH excluding ortho intramolecular Hbond substituents is 1. The van der Waals surface area contributed by atoms with Crippen LogP contribution in [-0.2, 0) is 0 Å². The van der Waals surface area contributed by atoms with Gasteiger partial charge in [0.2, 0.25) is 0 Å². The van der Waals surface area contributed by atoms with Crippen molar-refractivity contribution in [3.8, 4) is 16.9 Å². The molecule has 0 unspecified atom stereocenters. The number of rotatable bonds is 1. The first-order valence-corrected chi connectivity index (χ1v) is 5.24. The predicted octanol–water partition coefficient (Wildman–Crippen LogP) is 3.26. The standard InChI is InChI=1S/C14H15NO/c1-9-3-5-11(7-13(9)15)12-6-4-10(2)14(16)8-12/h3-8,16H,15H2,1-2H3. The van der Waals surface area contributed by atoms with E-state index in [0.29, 0.717) is 5.75 Å². The van der Waals surface area contributed by atoms with Crippen LogP contribution in [0.1, 0.15) is 11.1 Å². The van der Waals surface area contributed by atoms with Crippen LogP contribution in [-0.4, -0.2) is 5.11 Å². The second-order valence-electron chi connectivity index (χ2n) is 4.07. The van der Waals surface area contributed by atoms with Crippen molar-refractivity contribution in [1.29, 1.82) is 0 Å². The Balaban J connectivity index is 2.50. The van der Waals surface area contributed by atoms with Gasteiger partial charge in [-0.3, -0.25) is 0 Å². The summed E-state index contributed by atoms with van der Waals surface area (Å²) in [6, 6.07) is 11.6. The topological polar surface area (TPSA) is 46.2 Å². The van der Waals surface area contributed by atoms with Crippen LogP contribution in [0.3, 0.4) is 0 Å². The molecule has 0 saturated carbocycles. The number of nitrogens with two attached hydrogens (primary N) is 1. The summed E-state index contributed by atoms with van der Waals surface area (Å²) in [6.07, 6.45) is 0. The second kappa shape index (κ2) is 3.89. The number of anilines is 1. The van der Waals surface area contributed by atoms with Crippen LogP contribution < -0.4 is 5.73 Å². The summed E-state index contributed by atoms with van der Waals surface area (Å²) in [5.41, 5.74) is 10.6. The minimum absolute atomic E-state index is 0.316. The lowest BCUT2D eigenvalue weighted by atomic mass is 10.0. The van der Waals surface area contributed by atoms with E-state index in [4.69, 9.17) is 5.73 Å². The summed E-state index contributed by atoms with van der Waals surface area (Å²) in [4.78, 5) is 0. The van der Waals surface area contributed by atoms with E-state index in [9.17, 15) is 5.11 Å². The molecule has 0 spiro atoms. The average molecular weight is 213 g/mol. The molecule has 0 aliphatic carbocycles. The Morgan fingerprint density at radius 2 is 1.44 bits per heavy atom. The fourth-order valence-electron chi connectivity index (χ4n) is 1.61. The van der Waals surface area contributed by atoms with Crippen LogP contribution in [0.4, 0.5) is 5.69 Å². The third kappa shape index (κ3) is 1.87. The summed E-state index contributed by atoms with van der Waals surface area (Å²) < 4.78 is 0. The molecule has 0 atom stereocenters. The van der Waals surface area contributed by atoms with Crippen LogP contribution in [0, 0.1) is 13.8 Å². The highest BCUT2D eigenvalue weighted by atomic mass is 16.3. The molecular formula is C14H15NO. The molecule has 82 valence electrons. The molecule has 0 radical (unpaired) electrons. The van der Waals surface area contributed by atoms with Gasteiger partial charge in [-0.15, -0.1) is 0 Å². The number of aromatic hydroxyl groups is 1. The number of phenols is 1. The van der Waals surface area contributed by atoms with Gasteiger partial charge in [0, 0.05) is 5.69 Å². The fourth-order valence-corrected chi connectivity index (χ4v) is 1.61. The van der Waals surface area contributed by atoms with Crippen molar-refractivity contribution >= 4 is 5.69 Å². The lowest BCUT2D eigenvalue weighted by molar-refractivity contribution is 0.471. The van der Waals surface area contributed by atoms with Gasteiger partial charge in [-0.25, -0.2) is 0 Å².